The van der Waals surface area contributed by atoms with Crippen LogP contribution in [0.4, 0.5) is 0 Å². The van der Waals surface area contributed by atoms with Crippen molar-refractivity contribution in [3.8, 4) is 0 Å². The highest BCUT2D eigenvalue weighted by atomic mass is 16.3. The van der Waals surface area contributed by atoms with Crippen LogP contribution in [0.3, 0.4) is 0 Å². The maximum Gasteiger partial charge on any atom is 0.223 e. The van der Waals surface area contributed by atoms with Crippen LogP contribution >= 0.6 is 0 Å². The number of benzene rings is 1. The molecule has 0 unspecified atom stereocenters. The van der Waals surface area contributed by atoms with Crippen molar-refractivity contribution in [2.75, 3.05) is 6.61 Å². The van der Waals surface area contributed by atoms with E-state index < -0.39 is 0 Å². The monoisotopic (exact) mass is 261 g/mol. The molecule has 0 heterocycles. The highest BCUT2D eigenvalue weighted by Gasteiger charge is 2.25. The molecule has 2 rings (SSSR count). The van der Waals surface area contributed by atoms with Gasteiger partial charge in [-0.2, -0.15) is 0 Å². The topological polar surface area (TPSA) is 49.3 Å². The Kier molecular flexibility index (Phi) is 5.40. The minimum absolute atomic E-state index is 0.165. The van der Waals surface area contributed by atoms with Crippen LogP contribution in [0.5, 0.6) is 0 Å². The van der Waals surface area contributed by atoms with Crippen LogP contribution in [-0.4, -0.2) is 17.6 Å². The highest BCUT2D eigenvalue weighted by Crippen LogP contribution is 2.30. The molecule has 2 N–H and O–H groups in total. The summed E-state index contributed by atoms with van der Waals surface area (Å²) in [5.74, 6) is 0.966. The molecular weight excluding hydrogens is 238 g/mol. The number of aliphatic hydroxyl groups is 1. The first-order chi connectivity index (χ1) is 9.29. The van der Waals surface area contributed by atoms with Gasteiger partial charge in [0.2, 0.25) is 5.91 Å². The van der Waals surface area contributed by atoms with Crippen molar-refractivity contribution in [2.24, 2.45) is 11.8 Å². The SMILES string of the molecule is O=C(NCc1ccccc1)C1CCC(CCO)CC1. The van der Waals surface area contributed by atoms with E-state index in [9.17, 15) is 4.79 Å². The van der Waals surface area contributed by atoms with Gasteiger partial charge in [-0.3, -0.25) is 4.79 Å². The van der Waals surface area contributed by atoms with Crippen molar-refractivity contribution < 1.29 is 9.90 Å². The summed E-state index contributed by atoms with van der Waals surface area (Å²) in [5.41, 5.74) is 1.14. The first kappa shape index (κ1) is 14.1. The lowest BCUT2D eigenvalue weighted by Crippen LogP contribution is -2.32. The van der Waals surface area contributed by atoms with Gasteiger partial charge in [0.15, 0.2) is 0 Å². The van der Waals surface area contributed by atoms with Crippen molar-refractivity contribution in [3.63, 3.8) is 0 Å². The number of amides is 1. The van der Waals surface area contributed by atoms with Gasteiger partial charge in [-0.15, -0.1) is 0 Å². The van der Waals surface area contributed by atoms with Crippen LogP contribution in [0, 0.1) is 11.8 Å². The fourth-order valence-electron chi connectivity index (χ4n) is 2.83. The fourth-order valence-corrected chi connectivity index (χ4v) is 2.83. The Morgan fingerprint density at radius 1 is 1.16 bits per heavy atom. The minimum atomic E-state index is 0.165. The Bertz CT molecular complexity index is 383. The quantitative estimate of drug-likeness (QED) is 0.855. The van der Waals surface area contributed by atoms with Crippen LogP contribution < -0.4 is 5.32 Å². The standard InChI is InChI=1S/C16H23NO2/c18-11-10-13-6-8-15(9-7-13)16(19)17-12-14-4-2-1-3-5-14/h1-5,13,15,18H,6-12H2,(H,17,19). The summed E-state index contributed by atoms with van der Waals surface area (Å²) in [4.78, 5) is 12.1. The van der Waals surface area contributed by atoms with E-state index in [0.29, 0.717) is 12.5 Å². The molecular formula is C16H23NO2. The minimum Gasteiger partial charge on any atom is -0.396 e. The molecule has 104 valence electrons. The Morgan fingerprint density at radius 3 is 2.47 bits per heavy atom. The van der Waals surface area contributed by atoms with Crippen LogP contribution in [0.25, 0.3) is 0 Å². The van der Waals surface area contributed by atoms with Gasteiger partial charge in [0.25, 0.3) is 0 Å². The van der Waals surface area contributed by atoms with Gasteiger partial charge < -0.3 is 10.4 Å². The van der Waals surface area contributed by atoms with Gasteiger partial charge in [0, 0.05) is 19.1 Å². The summed E-state index contributed by atoms with van der Waals surface area (Å²) in [6.45, 7) is 0.895. The van der Waals surface area contributed by atoms with Crippen molar-refractivity contribution in [1.82, 2.24) is 5.32 Å². The highest BCUT2D eigenvalue weighted by molar-refractivity contribution is 5.78. The zero-order valence-corrected chi connectivity index (χ0v) is 11.3. The predicted octanol–water partition coefficient (Wildman–Crippen LogP) is 2.49. The van der Waals surface area contributed by atoms with E-state index >= 15 is 0 Å². The van der Waals surface area contributed by atoms with Crippen molar-refractivity contribution in [3.05, 3.63) is 35.9 Å². The number of hydrogen-bond acceptors (Lipinski definition) is 2. The van der Waals surface area contributed by atoms with Crippen LogP contribution in [0.1, 0.15) is 37.7 Å². The summed E-state index contributed by atoms with van der Waals surface area (Å²) in [7, 11) is 0. The molecule has 1 aromatic rings. The third-order valence-corrected chi connectivity index (χ3v) is 4.06. The van der Waals surface area contributed by atoms with Crippen molar-refractivity contribution in [1.29, 1.82) is 0 Å². The lowest BCUT2D eigenvalue weighted by atomic mass is 9.80. The third kappa shape index (κ3) is 4.35. The second-order valence-electron chi connectivity index (χ2n) is 5.43. The second-order valence-corrected chi connectivity index (χ2v) is 5.43. The van der Waals surface area contributed by atoms with E-state index in [2.05, 4.69) is 5.32 Å². The normalized spacial score (nSPS) is 23.0. The number of rotatable bonds is 5. The van der Waals surface area contributed by atoms with Gasteiger partial charge in [-0.1, -0.05) is 30.3 Å². The van der Waals surface area contributed by atoms with Crippen LogP contribution in [-0.2, 0) is 11.3 Å². The molecule has 0 spiro atoms. The molecule has 1 aliphatic carbocycles. The van der Waals surface area contributed by atoms with E-state index in [-0.39, 0.29) is 18.4 Å². The Labute approximate surface area is 115 Å². The predicted molar refractivity (Wildman–Crippen MR) is 75.4 cm³/mol. The molecule has 3 nitrogen and oxygen atoms in total. The molecule has 0 radical (unpaired) electrons. The van der Waals surface area contributed by atoms with E-state index in [0.717, 1.165) is 37.7 Å². The fraction of sp³-hybridized carbons (Fsp3) is 0.562. The van der Waals surface area contributed by atoms with E-state index in [4.69, 9.17) is 5.11 Å². The Hall–Kier alpha value is -1.35. The maximum absolute atomic E-state index is 12.1. The number of aliphatic hydroxyl groups excluding tert-OH is 1. The third-order valence-electron chi connectivity index (χ3n) is 4.06. The molecule has 0 saturated heterocycles. The molecule has 0 aliphatic heterocycles. The van der Waals surface area contributed by atoms with E-state index in [1.165, 1.54) is 0 Å². The largest absolute Gasteiger partial charge is 0.396 e. The number of nitrogens with one attached hydrogen (secondary N) is 1. The number of hydrogen-bond donors (Lipinski definition) is 2. The summed E-state index contributed by atoms with van der Waals surface area (Å²) >= 11 is 0. The van der Waals surface area contributed by atoms with Crippen LogP contribution in [0.15, 0.2) is 30.3 Å². The Morgan fingerprint density at radius 2 is 1.84 bits per heavy atom. The Balaban J connectivity index is 1.73. The molecule has 19 heavy (non-hydrogen) atoms. The molecule has 1 saturated carbocycles. The zero-order chi connectivity index (χ0) is 13.5. The molecule has 1 fully saturated rings. The summed E-state index contributed by atoms with van der Waals surface area (Å²) in [6.07, 6.45) is 4.96. The molecule has 3 heteroatoms. The van der Waals surface area contributed by atoms with Gasteiger partial charge in [0.1, 0.15) is 0 Å². The summed E-state index contributed by atoms with van der Waals surface area (Å²) < 4.78 is 0. The zero-order valence-electron chi connectivity index (χ0n) is 11.3. The molecule has 1 amide bonds. The van der Waals surface area contributed by atoms with Crippen molar-refractivity contribution in [2.45, 2.75) is 38.6 Å². The lowest BCUT2D eigenvalue weighted by Gasteiger charge is -2.27. The summed E-state index contributed by atoms with van der Waals surface area (Å²) in [5, 5.41) is 12.0. The number of carbonyl (C=O) groups excluding carboxylic acids is 1. The number of carbonyl (C=O) groups is 1. The molecule has 0 aromatic heterocycles. The molecule has 0 atom stereocenters. The van der Waals surface area contributed by atoms with Gasteiger partial charge in [-0.05, 0) is 43.6 Å². The van der Waals surface area contributed by atoms with E-state index in [1.54, 1.807) is 0 Å². The summed E-state index contributed by atoms with van der Waals surface area (Å²) in [6, 6.07) is 10.0. The average Bonchev–Trinajstić information content (AvgIpc) is 2.47. The first-order valence-corrected chi connectivity index (χ1v) is 7.22. The second kappa shape index (κ2) is 7.29. The van der Waals surface area contributed by atoms with Gasteiger partial charge in [-0.25, -0.2) is 0 Å². The van der Waals surface area contributed by atoms with E-state index in [1.807, 2.05) is 30.3 Å². The smallest absolute Gasteiger partial charge is 0.223 e. The van der Waals surface area contributed by atoms with Gasteiger partial charge >= 0.3 is 0 Å². The average molecular weight is 261 g/mol. The van der Waals surface area contributed by atoms with Gasteiger partial charge in [0.05, 0.1) is 0 Å². The first-order valence-electron chi connectivity index (χ1n) is 7.22. The lowest BCUT2D eigenvalue weighted by molar-refractivity contribution is -0.126. The van der Waals surface area contributed by atoms with Crippen LogP contribution in [0.2, 0.25) is 0 Å². The molecule has 1 aliphatic rings. The maximum atomic E-state index is 12.1. The molecule has 0 bridgehead atoms. The van der Waals surface area contributed by atoms with Crippen molar-refractivity contribution >= 4 is 5.91 Å². The molecule has 1 aromatic carbocycles.